The van der Waals surface area contributed by atoms with E-state index < -0.39 is 8.26 Å². The zero-order valence-corrected chi connectivity index (χ0v) is 8.64. The van der Waals surface area contributed by atoms with Gasteiger partial charge in [-0.05, 0) is 0 Å². The quantitative estimate of drug-likeness (QED) is 0.514. The van der Waals surface area contributed by atoms with Gasteiger partial charge in [-0.2, -0.15) is 8.42 Å². The molecule has 0 amide bonds. The van der Waals surface area contributed by atoms with E-state index in [0.717, 1.165) is 0 Å². The average Bonchev–Trinajstić information content (AvgIpc) is 2.03. The standard InChI is InChI=1S/C7H5N.Cl2O2S/c1-8-7-5-3-2-4-6-7;1-5(2,3)4/h2-6H;. The molecule has 0 saturated carbocycles. The zero-order chi connectivity index (χ0) is 10.3. The van der Waals surface area contributed by atoms with E-state index >= 15 is 0 Å². The molecule has 70 valence electrons. The number of hydrogen-bond acceptors (Lipinski definition) is 2. The van der Waals surface area contributed by atoms with Crippen LogP contribution in [0, 0.1) is 6.57 Å². The normalized spacial score (nSPS) is 9.31. The molecule has 1 aromatic carbocycles. The molecular formula is C7H5Cl2NO2S. The molecule has 6 heteroatoms. The summed E-state index contributed by atoms with van der Waals surface area (Å²) in [5.41, 5.74) is 0.701. The van der Waals surface area contributed by atoms with E-state index in [4.69, 9.17) is 15.0 Å². The minimum atomic E-state index is -3.72. The van der Waals surface area contributed by atoms with Crippen molar-refractivity contribution < 1.29 is 8.42 Å². The van der Waals surface area contributed by atoms with Crippen molar-refractivity contribution in [2.45, 2.75) is 0 Å². The van der Waals surface area contributed by atoms with Gasteiger partial charge in [-0.15, -0.1) is 0 Å². The number of nitrogens with zero attached hydrogens (tertiary/aromatic N) is 1. The summed E-state index contributed by atoms with van der Waals surface area (Å²) in [6, 6.07) is 9.18. The summed E-state index contributed by atoms with van der Waals surface area (Å²) in [7, 11) is 4.81. The minimum Gasteiger partial charge on any atom is -0.238 e. The van der Waals surface area contributed by atoms with Crippen LogP contribution in [0.2, 0.25) is 0 Å². The molecule has 1 aromatic rings. The third kappa shape index (κ3) is 11.2. The molecular weight excluding hydrogens is 233 g/mol. The van der Waals surface area contributed by atoms with Crippen molar-refractivity contribution in [3.63, 3.8) is 0 Å². The molecule has 0 radical (unpaired) electrons. The lowest BCUT2D eigenvalue weighted by Crippen LogP contribution is -1.63. The van der Waals surface area contributed by atoms with Gasteiger partial charge in [-0.1, -0.05) is 30.3 Å². The van der Waals surface area contributed by atoms with Crippen LogP contribution in [0.1, 0.15) is 0 Å². The van der Waals surface area contributed by atoms with E-state index in [9.17, 15) is 0 Å². The predicted octanol–water partition coefficient (Wildman–Crippen LogP) is 2.95. The van der Waals surface area contributed by atoms with E-state index in [1.807, 2.05) is 18.2 Å². The molecule has 0 fully saturated rings. The van der Waals surface area contributed by atoms with Crippen LogP contribution < -0.4 is 0 Å². The molecule has 0 heterocycles. The van der Waals surface area contributed by atoms with Gasteiger partial charge in [0.2, 0.25) is 0 Å². The van der Waals surface area contributed by atoms with Crippen molar-refractivity contribution >= 4 is 35.3 Å². The topological polar surface area (TPSA) is 38.5 Å². The lowest BCUT2D eigenvalue weighted by molar-refractivity contribution is 0.621. The van der Waals surface area contributed by atoms with E-state index in [1.54, 1.807) is 12.1 Å². The second-order valence-electron chi connectivity index (χ2n) is 1.83. The fraction of sp³-hybridized carbons (Fsp3) is 0. The van der Waals surface area contributed by atoms with Crippen molar-refractivity contribution in [1.82, 2.24) is 0 Å². The van der Waals surface area contributed by atoms with Crippen LogP contribution in [-0.2, 0) is 8.26 Å². The Hall–Kier alpha value is -0.760. The molecule has 3 nitrogen and oxygen atoms in total. The minimum absolute atomic E-state index is 0.701. The number of hydrogen-bond donors (Lipinski definition) is 0. The Morgan fingerprint density at radius 3 is 1.77 bits per heavy atom. The number of benzene rings is 1. The van der Waals surface area contributed by atoms with E-state index in [0.29, 0.717) is 5.69 Å². The Labute approximate surface area is 85.6 Å². The SMILES string of the molecule is O=S(=O)(Cl)Cl.[C-]#[N+]c1ccccc1. The Morgan fingerprint density at radius 2 is 1.54 bits per heavy atom. The Morgan fingerprint density at radius 1 is 1.15 bits per heavy atom. The Balaban J connectivity index is 0.000000252. The molecule has 0 aliphatic heterocycles. The third-order valence-electron chi connectivity index (χ3n) is 0.885. The van der Waals surface area contributed by atoms with Gasteiger partial charge in [0.05, 0.1) is 6.57 Å². The van der Waals surface area contributed by atoms with Gasteiger partial charge in [0.25, 0.3) is 0 Å². The maximum atomic E-state index is 9.16. The van der Waals surface area contributed by atoms with Crippen molar-refractivity contribution in [3.8, 4) is 0 Å². The molecule has 0 unspecified atom stereocenters. The van der Waals surface area contributed by atoms with Crippen molar-refractivity contribution in [3.05, 3.63) is 41.7 Å². The maximum Gasteiger partial charge on any atom is 0.317 e. The second kappa shape index (κ2) is 5.81. The Bertz CT molecular complexity index is 375. The van der Waals surface area contributed by atoms with E-state index in [-0.39, 0.29) is 0 Å². The monoisotopic (exact) mass is 237 g/mol. The van der Waals surface area contributed by atoms with Crippen LogP contribution in [0.5, 0.6) is 0 Å². The fourth-order valence-electron chi connectivity index (χ4n) is 0.503. The van der Waals surface area contributed by atoms with Crippen molar-refractivity contribution in [1.29, 1.82) is 0 Å². The van der Waals surface area contributed by atoms with Gasteiger partial charge in [0, 0.05) is 21.4 Å². The number of para-hydroxylation sites is 1. The van der Waals surface area contributed by atoms with Crippen LogP contribution in [0.4, 0.5) is 5.69 Å². The first kappa shape index (κ1) is 12.2. The van der Waals surface area contributed by atoms with E-state index in [2.05, 4.69) is 26.2 Å². The molecule has 0 atom stereocenters. The third-order valence-corrected chi connectivity index (χ3v) is 0.885. The largest absolute Gasteiger partial charge is 0.317 e. The summed E-state index contributed by atoms with van der Waals surface area (Å²) in [4.78, 5) is 3.22. The summed E-state index contributed by atoms with van der Waals surface area (Å²) >= 11 is 0. The van der Waals surface area contributed by atoms with Crippen LogP contribution in [0.25, 0.3) is 4.85 Å². The molecule has 1 rings (SSSR count). The summed E-state index contributed by atoms with van der Waals surface area (Å²) in [6.45, 7) is 6.57. The molecule has 0 aromatic heterocycles. The molecule has 0 N–H and O–H groups in total. The first-order chi connectivity index (χ1) is 5.93. The highest BCUT2D eigenvalue weighted by Crippen LogP contribution is 2.07. The van der Waals surface area contributed by atoms with Crippen molar-refractivity contribution in [2.24, 2.45) is 0 Å². The van der Waals surface area contributed by atoms with Gasteiger partial charge in [0.1, 0.15) is 0 Å². The average molecular weight is 238 g/mol. The lowest BCUT2D eigenvalue weighted by atomic mass is 10.3. The summed E-state index contributed by atoms with van der Waals surface area (Å²) in [5.74, 6) is 0. The molecule has 0 aliphatic rings. The van der Waals surface area contributed by atoms with Gasteiger partial charge >= 0.3 is 8.26 Å². The van der Waals surface area contributed by atoms with Gasteiger partial charge < -0.3 is 0 Å². The van der Waals surface area contributed by atoms with Crippen LogP contribution in [0.3, 0.4) is 0 Å². The zero-order valence-electron chi connectivity index (χ0n) is 6.31. The van der Waals surface area contributed by atoms with Crippen LogP contribution in [0.15, 0.2) is 30.3 Å². The van der Waals surface area contributed by atoms with Gasteiger partial charge in [-0.25, -0.2) is 4.85 Å². The van der Waals surface area contributed by atoms with Gasteiger partial charge in [0.15, 0.2) is 5.69 Å². The summed E-state index contributed by atoms with van der Waals surface area (Å²) in [5, 5.41) is 0. The first-order valence-electron chi connectivity index (χ1n) is 3.00. The highest BCUT2D eigenvalue weighted by molar-refractivity contribution is 8.31. The molecule has 0 bridgehead atoms. The Kier molecular flexibility index (Phi) is 5.47. The first-order valence-corrected chi connectivity index (χ1v) is 6.14. The molecule has 0 aliphatic carbocycles. The fourth-order valence-corrected chi connectivity index (χ4v) is 0.503. The molecule has 0 spiro atoms. The molecule has 13 heavy (non-hydrogen) atoms. The number of rotatable bonds is 0. The summed E-state index contributed by atoms with van der Waals surface area (Å²) in [6.07, 6.45) is 0. The predicted molar refractivity (Wildman–Crippen MR) is 53.3 cm³/mol. The van der Waals surface area contributed by atoms with Crippen molar-refractivity contribution in [2.75, 3.05) is 0 Å². The highest BCUT2D eigenvalue weighted by atomic mass is 36.0. The highest BCUT2D eigenvalue weighted by Gasteiger charge is 1.88. The number of halogens is 2. The van der Waals surface area contributed by atoms with Gasteiger partial charge in [-0.3, -0.25) is 0 Å². The maximum absolute atomic E-state index is 9.16. The van der Waals surface area contributed by atoms with Crippen LogP contribution in [-0.4, -0.2) is 8.42 Å². The smallest absolute Gasteiger partial charge is 0.238 e. The second-order valence-corrected chi connectivity index (χ2v) is 5.49. The summed E-state index contributed by atoms with van der Waals surface area (Å²) < 4.78 is 18.3. The van der Waals surface area contributed by atoms with Crippen LogP contribution >= 0.6 is 21.4 Å². The van der Waals surface area contributed by atoms with E-state index in [1.165, 1.54) is 0 Å². The lowest BCUT2D eigenvalue weighted by Gasteiger charge is -1.80. The molecule has 0 saturated heterocycles.